The smallest absolute Gasteiger partial charge is 0.0489 e. The van der Waals surface area contributed by atoms with Crippen LogP contribution in [0.4, 0.5) is 0 Å². The van der Waals surface area contributed by atoms with Crippen molar-refractivity contribution in [2.45, 2.75) is 26.3 Å². The lowest BCUT2D eigenvalue weighted by atomic mass is 9.92. The minimum absolute atomic E-state index is 0.408. The Hall–Kier alpha value is -1.32. The van der Waals surface area contributed by atoms with Gasteiger partial charge in [0, 0.05) is 22.6 Å². The lowest BCUT2D eigenvalue weighted by Gasteiger charge is -2.18. The van der Waals surface area contributed by atoms with Gasteiger partial charge < -0.3 is 16.0 Å². The molecular formula is C15H21N3. The molecule has 0 amide bonds. The molecule has 3 rings (SSSR count). The van der Waals surface area contributed by atoms with Gasteiger partial charge in [0.1, 0.15) is 0 Å². The molecule has 2 unspecified atom stereocenters. The van der Waals surface area contributed by atoms with Crippen molar-refractivity contribution < 1.29 is 0 Å². The zero-order chi connectivity index (χ0) is 12.7. The molecule has 1 aliphatic heterocycles. The first kappa shape index (κ1) is 11.8. The van der Waals surface area contributed by atoms with Crippen molar-refractivity contribution in [1.29, 1.82) is 0 Å². The molecule has 1 saturated heterocycles. The number of H-pyrrole nitrogens is 1. The van der Waals surface area contributed by atoms with Crippen LogP contribution in [0.5, 0.6) is 0 Å². The van der Waals surface area contributed by atoms with Crippen LogP contribution in [0.3, 0.4) is 0 Å². The third kappa shape index (κ3) is 1.66. The first-order chi connectivity index (χ1) is 8.72. The predicted octanol–water partition coefficient (Wildman–Crippen LogP) is 2.39. The van der Waals surface area contributed by atoms with Crippen LogP contribution in [0, 0.1) is 19.8 Å². The van der Waals surface area contributed by atoms with Crippen LogP contribution in [-0.2, 0) is 0 Å². The molecule has 4 N–H and O–H groups in total. The van der Waals surface area contributed by atoms with Gasteiger partial charge in [-0.25, -0.2) is 0 Å². The minimum atomic E-state index is 0.408. The number of aryl methyl sites for hydroxylation is 2. The Morgan fingerprint density at radius 3 is 2.94 bits per heavy atom. The Kier molecular flexibility index (Phi) is 2.88. The van der Waals surface area contributed by atoms with Crippen LogP contribution in [-0.4, -0.2) is 18.1 Å². The number of nitrogens with one attached hydrogen (secondary N) is 2. The van der Waals surface area contributed by atoms with E-state index < -0.39 is 0 Å². The van der Waals surface area contributed by atoms with Crippen molar-refractivity contribution in [2.24, 2.45) is 11.7 Å². The summed E-state index contributed by atoms with van der Waals surface area (Å²) < 4.78 is 0. The summed E-state index contributed by atoms with van der Waals surface area (Å²) in [5.74, 6) is 0.559. The number of hydrogen-bond donors (Lipinski definition) is 3. The van der Waals surface area contributed by atoms with E-state index in [0.717, 1.165) is 13.1 Å². The van der Waals surface area contributed by atoms with Gasteiger partial charge in [0.25, 0.3) is 0 Å². The summed E-state index contributed by atoms with van der Waals surface area (Å²) in [6, 6.07) is 6.92. The Morgan fingerprint density at radius 2 is 2.17 bits per heavy atom. The molecule has 1 fully saturated rings. The summed E-state index contributed by atoms with van der Waals surface area (Å²) in [4.78, 5) is 3.54. The van der Waals surface area contributed by atoms with Gasteiger partial charge in [-0.15, -0.1) is 0 Å². The first-order valence-corrected chi connectivity index (χ1v) is 6.73. The highest BCUT2D eigenvalue weighted by molar-refractivity contribution is 5.87. The third-order valence-corrected chi connectivity index (χ3v) is 4.24. The molecular weight excluding hydrogens is 222 g/mol. The van der Waals surface area contributed by atoms with E-state index in [1.54, 1.807) is 0 Å². The molecule has 1 aromatic heterocycles. The number of fused-ring (bicyclic) bond motifs is 1. The molecule has 3 heteroatoms. The van der Waals surface area contributed by atoms with Crippen molar-refractivity contribution in [3.63, 3.8) is 0 Å². The molecule has 0 saturated carbocycles. The molecule has 0 spiro atoms. The highest BCUT2D eigenvalue weighted by atomic mass is 15.0. The van der Waals surface area contributed by atoms with E-state index in [2.05, 4.69) is 42.3 Å². The molecule has 0 bridgehead atoms. The van der Waals surface area contributed by atoms with Crippen molar-refractivity contribution in [2.75, 3.05) is 13.1 Å². The normalized spacial score (nSPS) is 23.9. The average molecular weight is 243 g/mol. The van der Waals surface area contributed by atoms with E-state index in [1.807, 2.05) is 0 Å². The molecule has 96 valence electrons. The quantitative estimate of drug-likeness (QED) is 0.758. The Bertz CT molecular complexity index is 570. The second kappa shape index (κ2) is 4.41. The van der Waals surface area contributed by atoms with Gasteiger partial charge in [-0.3, -0.25) is 0 Å². The number of aromatic nitrogens is 1. The van der Waals surface area contributed by atoms with Gasteiger partial charge in [0.15, 0.2) is 0 Å². The zero-order valence-electron chi connectivity index (χ0n) is 11.1. The Balaban J connectivity index is 2.16. The van der Waals surface area contributed by atoms with E-state index in [0.29, 0.717) is 12.0 Å². The number of hydrogen-bond acceptors (Lipinski definition) is 2. The van der Waals surface area contributed by atoms with Crippen LogP contribution in [0.15, 0.2) is 18.2 Å². The van der Waals surface area contributed by atoms with E-state index in [1.165, 1.54) is 34.1 Å². The fraction of sp³-hybridized carbons (Fsp3) is 0.467. The van der Waals surface area contributed by atoms with Crippen molar-refractivity contribution in [3.05, 3.63) is 35.0 Å². The summed E-state index contributed by atoms with van der Waals surface area (Å²) in [7, 11) is 0. The SMILES string of the molecule is Cc1[nH]c2c(C)cccc2c1C1NCCC1CN. The Morgan fingerprint density at radius 1 is 1.33 bits per heavy atom. The van der Waals surface area contributed by atoms with Gasteiger partial charge in [-0.2, -0.15) is 0 Å². The standard InChI is InChI=1S/C15H21N3/c1-9-4-3-5-12-13(10(2)18-14(9)12)15-11(8-16)6-7-17-15/h3-5,11,15,17-18H,6-8,16H2,1-2H3. The fourth-order valence-electron chi connectivity index (χ4n) is 3.27. The second-order valence-corrected chi connectivity index (χ2v) is 5.38. The molecule has 18 heavy (non-hydrogen) atoms. The molecule has 2 atom stereocenters. The third-order valence-electron chi connectivity index (χ3n) is 4.24. The zero-order valence-corrected chi connectivity index (χ0v) is 11.1. The number of para-hydroxylation sites is 1. The largest absolute Gasteiger partial charge is 0.358 e. The van der Waals surface area contributed by atoms with Crippen LogP contribution in [0.1, 0.15) is 29.3 Å². The average Bonchev–Trinajstić information content (AvgIpc) is 2.93. The molecule has 1 aliphatic rings. The first-order valence-electron chi connectivity index (χ1n) is 6.73. The van der Waals surface area contributed by atoms with Gasteiger partial charge in [-0.05, 0) is 50.4 Å². The van der Waals surface area contributed by atoms with Crippen molar-refractivity contribution in [3.8, 4) is 0 Å². The summed E-state index contributed by atoms with van der Waals surface area (Å²) in [5.41, 5.74) is 11.2. The summed E-state index contributed by atoms with van der Waals surface area (Å²) in [6.45, 7) is 6.16. The number of benzene rings is 1. The van der Waals surface area contributed by atoms with Gasteiger partial charge >= 0.3 is 0 Å². The topological polar surface area (TPSA) is 53.8 Å². The van der Waals surface area contributed by atoms with E-state index in [4.69, 9.17) is 5.73 Å². The predicted molar refractivity (Wildman–Crippen MR) is 75.7 cm³/mol. The number of nitrogens with two attached hydrogens (primary N) is 1. The molecule has 2 aromatic rings. The van der Waals surface area contributed by atoms with Crippen LogP contribution < -0.4 is 11.1 Å². The van der Waals surface area contributed by atoms with E-state index >= 15 is 0 Å². The van der Waals surface area contributed by atoms with Gasteiger partial charge in [-0.1, -0.05) is 18.2 Å². The maximum atomic E-state index is 5.90. The summed E-state index contributed by atoms with van der Waals surface area (Å²) in [6.07, 6.45) is 1.18. The molecule has 0 radical (unpaired) electrons. The van der Waals surface area contributed by atoms with E-state index in [-0.39, 0.29) is 0 Å². The lowest BCUT2D eigenvalue weighted by Crippen LogP contribution is -2.23. The van der Waals surface area contributed by atoms with E-state index in [9.17, 15) is 0 Å². The van der Waals surface area contributed by atoms with Crippen LogP contribution in [0.2, 0.25) is 0 Å². The Labute approximate surface area is 108 Å². The lowest BCUT2D eigenvalue weighted by molar-refractivity contribution is 0.473. The van der Waals surface area contributed by atoms with Crippen LogP contribution >= 0.6 is 0 Å². The highest BCUT2D eigenvalue weighted by Crippen LogP contribution is 2.36. The van der Waals surface area contributed by atoms with Gasteiger partial charge in [0.05, 0.1) is 0 Å². The number of rotatable bonds is 2. The van der Waals surface area contributed by atoms with Crippen molar-refractivity contribution >= 4 is 10.9 Å². The molecule has 0 aliphatic carbocycles. The van der Waals surface area contributed by atoms with Crippen molar-refractivity contribution in [1.82, 2.24) is 10.3 Å². The monoisotopic (exact) mass is 243 g/mol. The second-order valence-electron chi connectivity index (χ2n) is 5.38. The summed E-state index contributed by atoms with van der Waals surface area (Å²) >= 11 is 0. The maximum absolute atomic E-state index is 5.90. The minimum Gasteiger partial charge on any atom is -0.358 e. The highest BCUT2D eigenvalue weighted by Gasteiger charge is 2.30. The maximum Gasteiger partial charge on any atom is 0.0489 e. The molecule has 1 aromatic carbocycles. The van der Waals surface area contributed by atoms with Gasteiger partial charge in [0.2, 0.25) is 0 Å². The summed E-state index contributed by atoms with van der Waals surface area (Å²) in [5, 5.41) is 4.96. The fourth-order valence-corrected chi connectivity index (χ4v) is 3.27. The molecule has 2 heterocycles. The molecule has 3 nitrogen and oxygen atoms in total. The van der Waals surface area contributed by atoms with Crippen LogP contribution in [0.25, 0.3) is 10.9 Å². The number of aromatic amines is 1.